The number of rotatable bonds is 6. The minimum atomic E-state index is -1.59. The summed E-state index contributed by atoms with van der Waals surface area (Å²) in [6.45, 7) is 9.02. The summed E-state index contributed by atoms with van der Waals surface area (Å²) in [5.41, 5.74) is 2.72. The standard InChI is InChI=1S/C20H28Si/c1-5-15-21(16-6-2,19-11-7-17(3)8-12-19)20-13-9-18(4)10-14-20/h7-14H,5-6,15-16H2,1-4H3. The molecule has 0 saturated heterocycles. The molecule has 0 bridgehead atoms. The van der Waals surface area contributed by atoms with Crippen LogP contribution < -0.4 is 10.4 Å². The van der Waals surface area contributed by atoms with Gasteiger partial charge in [0.25, 0.3) is 0 Å². The van der Waals surface area contributed by atoms with E-state index in [0.29, 0.717) is 0 Å². The van der Waals surface area contributed by atoms with Crippen molar-refractivity contribution in [1.82, 2.24) is 0 Å². The average Bonchev–Trinajstić information content (AvgIpc) is 2.48. The monoisotopic (exact) mass is 296 g/mol. The highest BCUT2D eigenvalue weighted by Gasteiger charge is 2.35. The Balaban J connectivity index is 2.56. The van der Waals surface area contributed by atoms with E-state index in [0.717, 1.165) is 0 Å². The van der Waals surface area contributed by atoms with Gasteiger partial charge in [0.05, 0.1) is 0 Å². The van der Waals surface area contributed by atoms with Crippen LogP contribution in [-0.4, -0.2) is 8.07 Å². The molecule has 0 saturated carbocycles. The highest BCUT2D eigenvalue weighted by Crippen LogP contribution is 2.21. The van der Waals surface area contributed by atoms with Gasteiger partial charge < -0.3 is 0 Å². The third-order valence-electron chi connectivity index (χ3n) is 4.56. The Hall–Kier alpha value is -1.34. The second-order valence-corrected chi connectivity index (χ2v) is 10.6. The molecule has 0 aromatic heterocycles. The molecule has 0 aliphatic carbocycles. The van der Waals surface area contributed by atoms with Gasteiger partial charge in [0.1, 0.15) is 8.07 Å². The molecule has 0 amide bonds. The molecule has 2 aromatic carbocycles. The maximum Gasteiger partial charge on any atom is 0.118 e. The summed E-state index contributed by atoms with van der Waals surface area (Å²) in [6.07, 6.45) is 2.54. The van der Waals surface area contributed by atoms with Crippen LogP contribution >= 0.6 is 0 Å². The lowest BCUT2D eigenvalue weighted by molar-refractivity contribution is 0.997. The van der Waals surface area contributed by atoms with Gasteiger partial charge in [0, 0.05) is 0 Å². The SMILES string of the molecule is CCC[Si](CCC)(c1ccc(C)cc1)c1ccc(C)cc1. The first-order valence-electron chi connectivity index (χ1n) is 8.26. The third-order valence-corrected chi connectivity index (χ3v) is 10.1. The van der Waals surface area contributed by atoms with Crippen LogP contribution in [0, 0.1) is 13.8 Å². The summed E-state index contributed by atoms with van der Waals surface area (Å²) in [6, 6.07) is 21.4. The van der Waals surface area contributed by atoms with Crippen LogP contribution in [0.2, 0.25) is 12.1 Å². The maximum atomic E-state index is 2.40. The van der Waals surface area contributed by atoms with Gasteiger partial charge in [-0.1, -0.05) is 96.7 Å². The van der Waals surface area contributed by atoms with Gasteiger partial charge in [-0.3, -0.25) is 0 Å². The zero-order chi connectivity index (χ0) is 15.3. The van der Waals surface area contributed by atoms with Crippen molar-refractivity contribution in [3.05, 3.63) is 59.7 Å². The summed E-state index contributed by atoms with van der Waals surface area (Å²) in [7, 11) is -1.59. The molecule has 2 rings (SSSR count). The van der Waals surface area contributed by atoms with Crippen LogP contribution in [0.25, 0.3) is 0 Å². The van der Waals surface area contributed by atoms with E-state index >= 15 is 0 Å². The molecule has 0 nitrogen and oxygen atoms in total. The first-order chi connectivity index (χ1) is 10.1. The zero-order valence-electron chi connectivity index (χ0n) is 13.9. The molecule has 21 heavy (non-hydrogen) atoms. The lowest BCUT2D eigenvalue weighted by Gasteiger charge is -2.33. The zero-order valence-corrected chi connectivity index (χ0v) is 14.9. The fraction of sp³-hybridized carbons (Fsp3) is 0.400. The van der Waals surface area contributed by atoms with Crippen LogP contribution in [0.3, 0.4) is 0 Å². The van der Waals surface area contributed by atoms with Gasteiger partial charge in [0.15, 0.2) is 0 Å². The Kier molecular flexibility index (Phi) is 5.41. The van der Waals surface area contributed by atoms with Crippen molar-refractivity contribution >= 4 is 18.4 Å². The van der Waals surface area contributed by atoms with E-state index in [1.165, 1.54) is 36.1 Å². The summed E-state index contributed by atoms with van der Waals surface area (Å²) in [5.74, 6) is 0. The Labute approximate surface area is 131 Å². The summed E-state index contributed by atoms with van der Waals surface area (Å²) >= 11 is 0. The van der Waals surface area contributed by atoms with Gasteiger partial charge in [-0.25, -0.2) is 0 Å². The second-order valence-electron chi connectivity index (χ2n) is 6.31. The molecular formula is C20H28Si. The number of benzene rings is 2. The smallest absolute Gasteiger partial charge is 0.0656 e. The predicted octanol–water partition coefficient (Wildman–Crippen LogP) is 4.69. The van der Waals surface area contributed by atoms with E-state index in [4.69, 9.17) is 0 Å². The minimum Gasteiger partial charge on any atom is -0.0656 e. The van der Waals surface area contributed by atoms with Crippen molar-refractivity contribution in [2.75, 3.05) is 0 Å². The van der Waals surface area contributed by atoms with Crippen LogP contribution in [0.5, 0.6) is 0 Å². The fourth-order valence-electron chi connectivity index (χ4n) is 3.47. The predicted molar refractivity (Wildman–Crippen MR) is 97.6 cm³/mol. The first-order valence-corrected chi connectivity index (χ1v) is 10.7. The topological polar surface area (TPSA) is 0 Å². The van der Waals surface area contributed by atoms with E-state index in [9.17, 15) is 0 Å². The van der Waals surface area contributed by atoms with E-state index in [1.54, 1.807) is 10.4 Å². The average molecular weight is 297 g/mol. The molecule has 0 fully saturated rings. The van der Waals surface area contributed by atoms with Crippen molar-refractivity contribution in [3.8, 4) is 0 Å². The largest absolute Gasteiger partial charge is 0.118 e. The summed E-state index contributed by atoms with van der Waals surface area (Å²) in [5, 5.41) is 3.22. The molecule has 2 aromatic rings. The van der Waals surface area contributed by atoms with Crippen molar-refractivity contribution in [1.29, 1.82) is 0 Å². The summed E-state index contributed by atoms with van der Waals surface area (Å²) in [4.78, 5) is 0. The van der Waals surface area contributed by atoms with E-state index < -0.39 is 8.07 Å². The third kappa shape index (κ3) is 3.46. The lowest BCUT2D eigenvalue weighted by Crippen LogP contribution is -2.57. The Morgan fingerprint density at radius 2 is 0.952 bits per heavy atom. The van der Waals surface area contributed by atoms with E-state index in [2.05, 4.69) is 76.2 Å². The van der Waals surface area contributed by atoms with Crippen LogP contribution in [0.4, 0.5) is 0 Å². The van der Waals surface area contributed by atoms with E-state index in [1.807, 2.05) is 0 Å². The van der Waals surface area contributed by atoms with Crippen molar-refractivity contribution in [2.24, 2.45) is 0 Å². The second kappa shape index (κ2) is 7.08. The molecule has 0 aliphatic heterocycles. The number of aryl methyl sites for hydroxylation is 2. The van der Waals surface area contributed by atoms with Gasteiger partial charge in [0.2, 0.25) is 0 Å². The Morgan fingerprint density at radius 1 is 0.619 bits per heavy atom. The molecule has 0 atom stereocenters. The first kappa shape index (κ1) is 16.0. The molecule has 1 heteroatoms. The van der Waals surface area contributed by atoms with Gasteiger partial charge in [-0.15, -0.1) is 0 Å². The van der Waals surface area contributed by atoms with Crippen LogP contribution in [0.1, 0.15) is 37.8 Å². The van der Waals surface area contributed by atoms with Crippen LogP contribution in [-0.2, 0) is 0 Å². The van der Waals surface area contributed by atoms with Crippen molar-refractivity contribution < 1.29 is 0 Å². The molecule has 0 radical (unpaired) electrons. The highest BCUT2D eigenvalue weighted by molar-refractivity contribution is 7.02. The van der Waals surface area contributed by atoms with Gasteiger partial charge in [-0.05, 0) is 25.9 Å². The highest BCUT2D eigenvalue weighted by atomic mass is 28.3. The van der Waals surface area contributed by atoms with Gasteiger partial charge in [-0.2, -0.15) is 0 Å². The maximum absolute atomic E-state index is 2.40. The van der Waals surface area contributed by atoms with E-state index in [-0.39, 0.29) is 0 Å². The molecular weight excluding hydrogens is 268 g/mol. The lowest BCUT2D eigenvalue weighted by atomic mass is 10.2. The Bertz CT molecular complexity index is 498. The van der Waals surface area contributed by atoms with Crippen molar-refractivity contribution in [2.45, 2.75) is 52.6 Å². The fourth-order valence-corrected chi connectivity index (χ4v) is 8.52. The quantitative estimate of drug-likeness (QED) is 0.679. The normalized spacial score (nSPS) is 11.6. The number of hydrogen-bond donors (Lipinski definition) is 0. The molecule has 0 spiro atoms. The van der Waals surface area contributed by atoms with Crippen LogP contribution in [0.15, 0.2) is 48.5 Å². The summed E-state index contributed by atoms with van der Waals surface area (Å²) < 4.78 is 0. The molecule has 0 N–H and O–H groups in total. The minimum absolute atomic E-state index is 1.27. The number of hydrogen-bond acceptors (Lipinski definition) is 0. The van der Waals surface area contributed by atoms with Gasteiger partial charge >= 0.3 is 0 Å². The van der Waals surface area contributed by atoms with Crippen molar-refractivity contribution in [3.63, 3.8) is 0 Å². The molecule has 0 aliphatic rings. The Morgan fingerprint density at radius 3 is 1.24 bits per heavy atom. The molecule has 0 unspecified atom stereocenters. The molecule has 112 valence electrons. The molecule has 0 heterocycles.